The molecule has 0 unspecified atom stereocenters. The summed E-state index contributed by atoms with van der Waals surface area (Å²) in [5.41, 5.74) is 0.000116. The lowest BCUT2D eigenvalue weighted by molar-refractivity contribution is 0.0593. The Balaban J connectivity index is 3.35. The van der Waals surface area contributed by atoms with E-state index >= 15 is 0 Å². The molecule has 0 aliphatic rings. The zero-order chi connectivity index (χ0) is 10.7. The van der Waals surface area contributed by atoms with E-state index in [0.717, 1.165) is 13.2 Å². The normalized spacial score (nSPS) is 10.0. The zero-order valence-corrected chi connectivity index (χ0v) is 8.90. The van der Waals surface area contributed by atoms with Crippen LogP contribution in [0.3, 0.4) is 0 Å². The predicted octanol–water partition coefficient (Wildman–Crippen LogP) is 2.65. The van der Waals surface area contributed by atoms with Gasteiger partial charge in [-0.3, -0.25) is 0 Å². The second-order valence-corrected chi connectivity index (χ2v) is 3.08. The number of benzene rings is 1. The van der Waals surface area contributed by atoms with Crippen LogP contribution in [0.15, 0.2) is 12.1 Å². The highest BCUT2D eigenvalue weighted by atomic mass is 79.9. The van der Waals surface area contributed by atoms with Gasteiger partial charge in [-0.1, -0.05) is 22.0 Å². The standard InChI is InChI=1S/C9H7BrF2O2/c1-14-9(13)7-5(4-10)2-3-6(11)8(7)12/h2-3H,4H2,1H3. The largest absolute Gasteiger partial charge is 0.465 e. The summed E-state index contributed by atoms with van der Waals surface area (Å²) < 4.78 is 30.3. The zero-order valence-electron chi connectivity index (χ0n) is 7.31. The summed E-state index contributed by atoms with van der Waals surface area (Å²) in [6.45, 7) is 0. The van der Waals surface area contributed by atoms with Gasteiger partial charge in [0.1, 0.15) is 5.56 Å². The highest BCUT2D eigenvalue weighted by molar-refractivity contribution is 9.08. The van der Waals surface area contributed by atoms with Gasteiger partial charge in [-0.05, 0) is 11.6 Å². The summed E-state index contributed by atoms with van der Waals surface area (Å²) in [4.78, 5) is 11.1. The van der Waals surface area contributed by atoms with Crippen LogP contribution in [0.4, 0.5) is 8.78 Å². The molecule has 1 aromatic carbocycles. The van der Waals surface area contributed by atoms with E-state index in [1.807, 2.05) is 0 Å². The van der Waals surface area contributed by atoms with Gasteiger partial charge >= 0.3 is 5.97 Å². The van der Waals surface area contributed by atoms with Crippen molar-refractivity contribution in [1.29, 1.82) is 0 Å². The molecule has 1 rings (SSSR count). The SMILES string of the molecule is COC(=O)c1c(CBr)ccc(F)c1F. The topological polar surface area (TPSA) is 26.3 Å². The Hall–Kier alpha value is -0.970. The highest BCUT2D eigenvalue weighted by Gasteiger charge is 2.19. The van der Waals surface area contributed by atoms with Gasteiger partial charge in [0.05, 0.1) is 7.11 Å². The molecule has 0 heterocycles. The Morgan fingerprint density at radius 3 is 2.64 bits per heavy atom. The number of hydrogen-bond donors (Lipinski definition) is 0. The maximum Gasteiger partial charge on any atom is 0.341 e. The lowest BCUT2D eigenvalue weighted by Gasteiger charge is -2.06. The molecule has 14 heavy (non-hydrogen) atoms. The first-order chi connectivity index (χ1) is 6.61. The van der Waals surface area contributed by atoms with Gasteiger partial charge in [-0.15, -0.1) is 0 Å². The summed E-state index contributed by atoms with van der Waals surface area (Å²) in [5, 5.41) is 0.259. The van der Waals surface area contributed by atoms with E-state index in [-0.39, 0.29) is 10.9 Å². The fourth-order valence-electron chi connectivity index (χ4n) is 1.02. The Morgan fingerprint density at radius 1 is 1.50 bits per heavy atom. The molecular formula is C9H7BrF2O2. The van der Waals surface area contributed by atoms with Crippen molar-refractivity contribution in [3.05, 3.63) is 34.9 Å². The van der Waals surface area contributed by atoms with Crippen molar-refractivity contribution in [3.63, 3.8) is 0 Å². The van der Waals surface area contributed by atoms with Crippen LogP contribution >= 0.6 is 15.9 Å². The molecule has 0 amide bonds. The first-order valence-electron chi connectivity index (χ1n) is 3.73. The second-order valence-electron chi connectivity index (χ2n) is 2.52. The summed E-state index contributed by atoms with van der Waals surface area (Å²) in [6, 6.07) is 2.30. The van der Waals surface area contributed by atoms with Gasteiger partial charge in [0, 0.05) is 5.33 Å². The third kappa shape index (κ3) is 1.92. The van der Waals surface area contributed by atoms with Crippen molar-refractivity contribution >= 4 is 21.9 Å². The van der Waals surface area contributed by atoms with Crippen LogP contribution in [0.2, 0.25) is 0 Å². The molecule has 0 aliphatic carbocycles. The quantitative estimate of drug-likeness (QED) is 0.607. The molecule has 1 aromatic rings. The molecule has 0 fully saturated rings. The van der Waals surface area contributed by atoms with E-state index in [1.54, 1.807) is 0 Å². The second kappa shape index (κ2) is 4.50. The van der Waals surface area contributed by atoms with Crippen molar-refractivity contribution < 1.29 is 18.3 Å². The Morgan fingerprint density at radius 2 is 2.14 bits per heavy atom. The summed E-state index contributed by atoms with van der Waals surface area (Å²) in [6.07, 6.45) is 0. The molecule has 0 aliphatic heterocycles. The Labute approximate surface area is 88.0 Å². The number of alkyl halides is 1. The van der Waals surface area contributed by atoms with Gasteiger partial charge in [0.15, 0.2) is 11.6 Å². The maximum absolute atomic E-state index is 13.2. The van der Waals surface area contributed by atoms with Crippen LogP contribution in [0.1, 0.15) is 15.9 Å². The lowest BCUT2D eigenvalue weighted by atomic mass is 10.1. The van der Waals surface area contributed by atoms with Crippen LogP contribution in [-0.4, -0.2) is 13.1 Å². The number of ether oxygens (including phenoxy) is 1. The van der Waals surface area contributed by atoms with Crippen molar-refractivity contribution in [1.82, 2.24) is 0 Å². The van der Waals surface area contributed by atoms with Crippen LogP contribution in [0, 0.1) is 11.6 Å². The summed E-state index contributed by atoms with van der Waals surface area (Å²) in [7, 11) is 1.12. The van der Waals surface area contributed by atoms with E-state index in [0.29, 0.717) is 5.56 Å². The summed E-state index contributed by atoms with van der Waals surface area (Å²) >= 11 is 3.07. The third-order valence-corrected chi connectivity index (χ3v) is 2.32. The Kier molecular flexibility index (Phi) is 3.57. The van der Waals surface area contributed by atoms with Crippen LogP contribution in [0.25, 0.3) is 0 Å². The first kappa shape index (κ1) is 11.1. The number of hydrogen-bond acceptors (Lipinski definition) is 2. The fourth-order valence-corrected chi connectivity index (χ4v) is 1.49. The number of rotatable bonds is 2. The molecule has 0 atom stereocenters. The molecule has 0 N–H and O–H groups in total. The van der Waals surface area contributed by atoms with Gasteiger partial charge in [0.2, 0.25) is 0 Å². The van der Waals surface area contributed by atoms with Crippen LogP contribution in [-0.2, 0) is 10.1 Å². The highest BCUT2D eigenvalue weighted by Crippen LogP contribution is 2.20. The number of esters is 1. The molecule has 5 heteroatoms. The molecule has 0 radical (unpaired) electrons. The number of halogens is 3. The number of carbonyl (C=O) groups is 1. The molecule has 0 spiro atoms. The lowest BCUT2D eigenvalue weighted by Crippen LogP contribution is -2.09. The molecular weight excluding hydrogens is 258 g/mol. The summed E-state index contributed by atoms with van der Waals surface area (Å²) in [5.74, 6) is -3.11. The van der Waals surface area contributed by atoms with Crippen molar-refractivity contribution in [2.75, 3.05) is 7.11 Å². The van der Waals surface area contributed by atoms with Gasteiger partial charge in [0.25, 0.3) is 0 Å². The number of carbonyl (C=O) groups excluding carboxylic acids is 1. The van der Waals surface area contributed by atoms with Crippen molar-refractivity contribution in [2.45, 2.75) is 5.33 Å². The number of methoxy groups -OCH3 is 1. The van der Waals surface area contributed by atoms with E-state index in [1.165, 1.54) is 6.07 Å². The van der Waals surface area contributed by atoms with Crippen molar-refractivity contribution in [3.8, 4) is 0 Å². The molecule has 76 valence electrons. The van der Waals surface area contributed by atoms with Gasteiger partial charge in [-0.25, -0.2) is 13.6 Å². The fraction of sp³-hybridized carbons (Fsp3) is 0.222. The van der Waals surface area contributed by atoms with E-state index < -0.39 is 17.6 Å². The van der Waals surface area contributed by atoms with Gasteiger partial charge < -0.3 is 4.74 Å². The van der Waals surface area contributed by atoms with E-state index in [2.05, 4.69) is 20.7 Å². The molecule has 0 saturated heterocycles. The minimum Gasteiger partial charge on any atom is -0.465 e. The van der Waals surface area contributed by atoms with E-state index in [4.69, 9.17) is 0 Å². The molecule has 2 nitrogen and oxygen atoms in total. The van der Waals surface area contributed by atoms with Crippen LogP contribution in [0.5, 0.6) is 0 Å². The first-order valence-corrected chi connectivity index (χ1v) is 4.85. The smallest absolute Gasteiger partial charge is 0.341 e. The Bertz CT molecular complexity index is 366. The van der Waals surface area contributed by atoms with Crippen LogP contribution < -0.4 is 0 Å². The minimum absolute atomic E-state index is 0.259. The van der Waals surface area contributed by atoms with Gasteiger partial charge in [-0.2, -0.15) is 0 Å². The minimum atomic E-state index is -1.17. The monoisotopic (exact) mass is 264 g/mol. The predicted molar refractivity (Wildman–Crippen MR) is 50.3 cm³/mol. The van der Waals surface area contributed by atoms with E-state index in [9.17, 15) is 13.6 Å². The maximum atomic E-state index is 13.2. The average Bonchev–Trinajstić information content (AvgIpc) is 2.20. The van der Waals surface area contributed by atoms with Crippen molar-refractivity contribution in [2.24, 2.45) is 0 Å². The molecule has 0 bridgehead atoms. The third-order valence-electron chi connectivity index (χ3n) is 1.71. The molecule has 0 aromatic heterocycles. The average molecular weight is 265 g/mol. The molecule has 0 saturated carbocycles.